The fraction of sp³-hybridized carbons (Fsp3) is 0.286. The number of nitrogens with one attached hydrogen (secondary N) is 2. The molecule has 1 aromatic carbocycles. The molecule has 1 unspecified atom stereocenters. The number of aromatic amines is 1. The number of benzene rings is 1. The number of halogens is 1. The first-order valence-electron chi connectivity index (χ1n) is 6.20. The second-order valence-electron chi connectivity index (χ2n) is 4.36. The third kappa shape index (κ3) is 3.34. The van der Waals surface area contributed by atoms with E-state index in [2.05, 4.69) is 53.4 Å². The minimum absolute atomic E-state index is 0.105. The topological polar surface area (TPSA) is 57.8 Å². The summed E-state index contributed by atoms with van der Waals surface area (Å²) >= 11 is 2.00. The van der Waals surface area contributed by atoms with Gasteiger partial charge in [-0.2, -0.15) is 0 Å². The lowest BCUT2D eigenvalue weighted by Crippen LogP contribution is -2.16. The van der Waals surface area contributed by atoms with E-state index in [-0.39, 0.29) is 11.6 Å². The van der Waals surface area contributed by atoms with Crippen LogP contribution in [0.15, 0.2) is 35.4 Å². The highest BCUT2D eigenvalue weighted by Crippen LogP contribution is 2.20. The summed E-state index contributed by atoms with van der Waals surface area (Å²) in [4.78, 5) is 18.2. The fourth-order valence-corrected chi connectivity index (χ4v) is 2.26. The summed E-state index contributed by atoms with van der Waals surface area (Å²) in [5.74, 6) is 0.622. The summed E-state index contributed by atoms with van der Waals surface area (Å²) in [5, 5.41) is 3.27. The fourth-order valence-electron chi connectivity index (χ4n) is 1.81. The van der Waals surface area contributed by atoms with E-state index >= 15 is 0 Å². The standard InChI is InChI=1S/C14H16IN3O/c1-3-10-4-6-11(7-5-10)9(2)18-13-12(15)14(19)17-8-16-13/h4-9H,3H2,1-2H3,(H2,16,17,18,19). The van der Waals surface area contributed by atoms with Crippen LogP contribution in [-0.2, 0) is 6.42 Å². The van der Waals surface area contributed by atoms with Crippen LogP contribution in [0.1, 0.15) is 31.0 Å². The highest BCUT2D eigenvalue weighted by molar-refractivity contribution is 14.1. The summed E-state index contributed by atoms with van der Waals surface area (Å²) in [5.41, 5.74) is 2.38. The highest BCUT2D eigenvalue weighted by atomic mass is 127. The van der Waals surface area contributed by atoms with Gasteiger partial charge in [-0.25, -0.2) is 4.98 Å². The van der Waals surface area contributed by atoms with Crippen molar-refractivity contribution in [2.75, 3.05) is 5.32 Å². The molecule has 0 fully saturated rings. The Balaban J connectivity index is 2.18. The molecule has 2 rings (SSSR count). The maximum Gasteiger partial charge on any atom is 0.266 e. The first-order valence-corrected chi connectivity index (χ1v) is 7.28. The Morgan fingerprint density at radius 2 is 2.05 bits per heavy atom. The summed E-state index contributed by atoms with van der Waals surface area (Å²) in [6.07, 6.45) is 2.45. The zero-order valence-electron chi connectivity index (χ0n) is 10.9. The summed E-state index contributed by atoms with van der Waals surface area (Å²) < 4.78 is 0.581. The van der Waals surface area contributed by atoms with Gasteiger partial charge in [-0.3, -0.25) is 4.79 Å². The van der Waals surface area contributed by atoms with Crippen LogP contribution in [0.4, 0.5) is 5.82 Å². The molecule has 0 saturated heterocycles. The molecule has 0 amide bonds. The zero-order valence-corrected chi connectivity index (χ0v) is 13.1. The van der Waals surface area contributed by atoms with Crippen molar-refractivity contribution in [3.05, 3.63) is 55.6 Å². The molecule has 100 valence electrons. The van der Waals surface area contributed by atoms with Gasteiger partial charge in [0.15, 0.2) is 0 Å². The number of hydrogen-bond acceptors (Lipinski definition) is 3. The second kappa shape index (κ2) is 6.18. The van der Waals surface area contributed by atoms with E-state index in [4.69, 9.17) is 0 Å². The van der Waals surface area contributed by atoms with Gasteiger partial charge in [0.1, 0.15) is 9.39 Å². The Hall–Kier alpha value is -1.37. The molecule has 0 saturated carbocycles. The normalized spacial score (nSPS) is 12.2. The van der Waals surface area contributed by atoms with E-state index in [0.29, 0.717) is 9.39 Å². The van der Waals surface area contributed by atoms with E-state index in [1.54, 1.807) is 0 Å². The molecular formula is C14H16IN3O. The number of aromatic nitrogens is 2. The minimum Gasteiger partial charge on any atom is -0.362 e. The molecule has 4 nitrogen and oxygen atoms in total. The van der Waals surface area contributed by atoms with Crippen LogP contribution in [-0.4, -0.2) is 9.97 Å². The van der Waals surface area contributed by atoms with Crippen molar-refractivity contribution in [2.24, 2.45) is 0 Å². The highest BCUT2D eigenvalue weighted by Gasteiger charge is 2.10. The number of H-pyrrole nitrogens is 1. The van der Waals surface area contributed by atoms with Crippen molar-refractivity contribution in [3.63, 3.8) is 0 Å². The van der Waals surface area contributed by atoms with Gasteiger partial charge in [0.25, 0.3) is 5.56 Å². The number of anilines is 1. The summed E-state index contributed by atoms with van der Waals surface area (Å²) in [6.45, 7) is 4.19. The molecule has 2 N–H and O–H groups in total. The molecule has 1 heterocycles. The Morgan fingerprint density at radius 3 is 2.68 bits per heavy atom. The van der Waals surface area contributed by atoms with Gasteiger partial charge >= 0.3 is 0 Å². The predicted molar refractivity (Wildman–Crippen MR) is 85.4 cm³/mol. The number of hydrogen-bond donors (Lipinski definition) is 2. The third-order valence-electron chi connectivity index (χ3n) is 3.04. The van der Waals surface area contributed by atoms with Crippen LogP contribution < -0.4 is 10.9 Å². The molecule has 1 aromatic heterocycles. The van der Waals surface area contributed by atoms with E-state index in [1.807, 2.05) is 22.6 Å². The van der Waals surface area contributed by atoms with Gasteiger partial charge < -0.3 is 10.3 Å². The van der Waals surface area contributed by atoms with Crippen molar-refractivity contribution in [1.29, 1.82) is 0 Å². The first-order chi connectivity index (χ1) is 9.11. The van der Waals surface area contributed by atoms with E-state index in [1.165, 1.54) is 17.5 Å². The SMILES string of the molecule is CCc1ccc(C(C)Nc2nc[nH]c(=O)c2I)cc1. The minimum atomic E-state index is -0.119. The Labute approximate surface area is 125 Å². The molecule has 0 radical (unpaired) electrons. The van der Waals surface area contributed by atoms with Crippen LogP contribution in [0.5, 0.6) is 0 Å². The monoisotopic (exact) mass is 369 g/mol. The summed E-state index contributed by atoms with van der Waals surface area (Å²) in [6, 6.07) is 8.58. The van der Waals surface area contributed by atoms with Gasteiger partial charge in [0, 0.05) is 6.04 Å². The lowest BCUT2D eigenvalue weighted by molar-refractivity contribution is 0.865. The van der Waals surface area contributed by atoms with Gasteiger partial charge in [-0.15, -0.1) is 0 Å². The Bertz CT molecular complexity index is 607. The molecule has 5 heteroatoms. The summed E-state index contributed by atoms with van der Waals surface area (Å²) in [7, 11) is 0. The van der Waals surface area contributed by atoms with Gasteiger partial charge in [0.05, 0.1) is 6.33 Å². The zero-order chi connectivity index (χ0) is 13.8. The largest absolute Gasteiger partial charge is 0.362 e. The van der Waals surface area contributed by atoms with E-state index in [9.17, 15) is 4.79 Å². The smallest absolute Gasteiger partial charge is 0.266 e. The van der Waals surface area contributed by atoms with Crippen molar-refractivity contribution >= 4 is 28.4 Å². The molecule has 19 heavy (non-hydrogen) atoms. The molecule has 2 aromatic rings. The molecule has 0 aliphatic carbocycles. The van der Waals surface area contributed by atoms with Crippen molar-refractivity contribution < 1.29 is 0 Å². The first kappa shape index (κ1) is 14.0. The Morgan fingerprint density at radius 1 is 1.37 bits per heavy atom. The van der Waals surface area contributed by atoms with Gasteiger partial charge in [-0.1, -0.05) is 31.2 Å². The third-order valence-corrected chi connectivity index (χ3v) is 4.04. The quantitative estimate of drug-likeness (QED) is 0.815. The predicted octanol–water partition coefficient (Wildman–Crippen LogP) is 3.11. The van der Waals surface area contributed by atoms with Crippen molar-refractivity contribution in [2.45, 2.75) is 26.3 Å². The number of rotatable bonds is 4. The molecule has 0 bridgehead atoms. The van der Waals surface area contributed by atoms with Gasteiger partial charge in [-0.05, 0) is 47.1 Å². The number of nitrogens with zero attached hydrogens (tertiary/aromatic N) is 1. The molecule has 0 aliphatic rings. The van der Waals surface area contributed by atoms with Crippen LogP contribution in [0.25, 0.3) is 0 Å². The maximum atomic E-state index is 11.5. The average Bonchev–Trinajstić information content (AvgIpc) is 2.44. The second-order valence-corrected chi connectivity index (χ2v) is 5.43. The Kier molecular flexibility index (Phi) is 4.57. The molecule has 0 aliphatic heterocycles. The van der Waals surface area contributed by atoms with E-state index in [0.717, 1.165) is 6.42 Å². The maximum absolute atomic E-state index is 11.5. The van der Waals surface area contributed by atoms with E-state index < -0.39 is 0 Å². The van der Waals surface area contributed by atoms with Crippen molar-refractivity contribution in [1.82, 2.24) is 9.97 Å². The number of aryl methyl sites for hydroxylation is 1. The lowest BCUT2D eigenvalue weighted by Gasteiger charge is -2.15. The molecule has 1 atom stereocenters. The van der Waals surface area contributed by atoms with Crippen molar-refractivity contribution in [3.8, 4) is 0 Å². The molecule has 0 spiro atoms. The lowest BCUT2D eigenvalue weighted by atomic mass is 10.1. The van der Waals surface area contributed by atoms with Crippen LogP contribution in [0.2, 0.25) is 0 Å². The van der Waals surface area contributed by atoms with Crippen LogP contribution in [0.3, 0.4) is 0 Å². The van der Waals surface area contributed by atoms with Gasteiger partial charge in [0.2, 0.25) is 0 Å². The van der Waals surface area contributed by atoms with Crippen LogP contribution >= 0.6 is 22.6 Å². The molecular weight excluding hydrogens is 353 g/mol. The van der Waals surface area contributed by atoms with Crippen LogP contribution in [0, 0.1) is 3.57 Å². The average molecular weight is 369 g/mol.